The van der Waals surface area contributed by atoms with E-state index < -0.39 is 0 Å². The maximum absolute atomic E-state index is 4.85. The number of rotatable bonds is 7. The van der Waals surface area contributed by atoms with Crippen LogP contribution in [0.3, 0.4) is 0 Å². The van der Waals surface area contributed by atoms with Gasteiger partial charge < -0.3 is 9.13 Å². The van der Waals surface area contributed by atoms with E-state index >= 15 is 0 Å². The third-order valence-electron chi connectivity index (χ3n) is 5.10. The fourth-order valence-electron chi connectivity index (χ4n) is 3.51. The summed E-state index contributed by atoms with van der Waals surface area (Å²) < 4.78 is 4.41. The van der Waals surface area contributed by atoms with Crippen LogP contribution in [0.4, 0.5) is 0 Å². The van der Waals surface area contributed by atoms with Gasteiger partial charge in [0.1, 0.15) is 11.6 Å². The maximum Gasteiger partial charge on any atom is 0.123 e. The lowest BCUT2D eigenvalue weighted by Crippen LogP contribution is -2.28. The quantitative estimate of drug-likeness (QED) is 0.489. The van der Waals surface area contributed by atoms with E-state index in [9.17, 15) is 0 Å². The Balaban J connectivity index is 1.62. The van der Waals surface area contributed by atoms with Gasteiger partial charge in [0.25, 0.3) is 0 Å². The van der Waals surface area contributed by atoms with Crippen LogP contribution in [-0.2, 0) is 27.2 Å². The van der Waals surface area contributed by atoms with Crippen LogP contribution in [0.25, 0.3) is 22.1 Å². The number of nitrogens with zero attached hydrogens (tertiary/aromatic N) is 5. The van der Waals surface area contributed by atoms with E-state index in [2.05, 4.69) is 70.8 Å². The van der Waals surface area contributed by atoms with E-state index in [-0.39, 0.29) is 0 Å². The topological polar surface area (TPSA) is 38.9 Å². The number of para-hydroxylation sites is 4. The average molecular weight is 380 g/mol. The molecular weight excluding hydrogens is 354 g/mol. The van der Waals surface area contributed by atoms with Crippen molar-refractivity contribution in [2.75, 3.05) is 18.6 Å². The summed E-state index contributed by atoms with van der Waals surface area (Å²) >= 11 is 1.87. The summed E-state index contributed by atoms with van der Waals surface area (Å²) in [6, 6.07) is 16.6. The molecule has 2 aromatic heterocycles. The van der Waals surface area contributed by atoms with Crippen molar-refractivity contribution in [1.29, 1.82) is 0 Å². The highest BCUT2D eigenvalue weighted by molar-refractivity contribution is 7.98. The Morgan fingerprint density at radius 2 is 1.30 bits per heavy atom. The molecule has 5 nitrogen and oxygen atoms in total. The lowest BCUT2D eigenvalue weighted by atomic mass is 10.3. The first-order valence-corrected chi connectivity index (χ1v) is 10.6. The number of benzene rings is 2. The average Bonchev–Trinajstić information content (AvgIpc) is 3.17. The van der Waals surface area contributed by atoms with Crippen LogP contribution in [0.1, 0.15) is 11.6 Å². The molecule has 4 aromatic rings. The Kier molecular flexibility index (Phi) is 5.18. The number of hydrogen-bond donors (Lipinski definition) is 0. The van der Waals surface area contributed by atoms with Gasteiger partial charge in [-0.3, -0.25) is 4.90 Å². The number of hydrogen-bond acceptors (Lipinski definition) is 4. The Bertz CT molecular complexity index is 983. The monoisotopic (exact) mass is 379 g/mol. The van der Waals surface area contributed by atoms with Gasteiger partial charge in [0.15, 0.2) is 0 Å². The van der Waals surface area contributed by atoms with Gasteiger partial charge in [-0.1, -0.05) is 24.3 Å². The standard InChI is InChI=1S/C21H25N5S/c1-24-18-10-6-4-8-16(18)22-20(24)14-26(12-13-27-3)15-21-23-17-9-5-7-11-19(17)25(21)2/h4-11H,12-15H2,1-3H3. The van der Waals surface area contributed by atoms with Gasteiger partial charge >= 0.3 is 0 Å². The summed E-state index contributed by atoms with van der Waals surface area (Å²) in [4.78, 5) is 12.2. The molecule has 0 N–H and O–H groups in total. The molecule has 0 aliphatic carbocycles. The number of imidazole rings is 2. The minimum absolute atomic E-state index is 0.814. The maximum atomic E-state index is 4.85. The van der Waals surface area contributed by atoms with Crippen LogP contribution in [-0.4, -0.2) is 42.6 Å². The Labute approximate surface area is 164 Å². The summed E-state index contributed by atoms with van der Waals surface area (Å²) in [5, 5.41) is 0. The number of aromatic nitrogens is 4. The zero-order valence-corrected chi connectivity index (χ0v) is 16.9. The van der Waals surface area contributed by atoms with E-state index in [1.165, 1.54) is 11.0 Å². The Morgan fingerprint density at radius 1 is 0.815 bits per heavy atom. The van der Waals surface area contributed by atoms with Crippen molar-refractivity contribution in [3.05, 3.63) is 60.2 Å². The van der Waals surface area contributed by atoms with Crippen molar-refractivity contribution >= 4 is 33.8 Å². The highest BCUT2D eigenvalue weighted by Gasteiger charge is 2.16. The first-order chi connectivity index (χ1) is 13.2. The molecule has 0 unspecified atom stereocenters. The first kappa shape index (κ1) is 18.1. The zero-order valence-electron chi connectivity index (χ0n) is 16.1. The van der Waals surface area contributed by atoms with Crippen molar-refractivity contribution in [3.63, 3.8) is 0 Å². The van der Waals surface area contributed by atoms with Crippen LogP contribution in [0.2, 0.25) is 0 Å². The minimum atomic E-state index is 0.814. The lowest BCUT2D eigenvalue weighted by molar-refractivity contribution is 0.256. The highest BCUT2D eigenvalue weighted by Crippen LogP contribution is 2.19. The van der Waals surface area contributed by atoms with E-state index in [1.807, 2.05) is 23.9 Å². The predicted molar refractivity (Wildman–Crippen MR) is 114 cm³/mol. The van der Waals surface area contributed by atoms with Crippen LogP contribution in [0, 0.1) is 0 Å². The second kappa shape index (κ2) is 7.74. The third-order valence-corrected chi connectivity index (χ3v) is 5.69. The number of aryl methyl sites for hydroxylation is 2. The van der Waals surface area contributed by atoms with Crippen molar-refractivity contribution < 1.29 is 0 Å². The van der Waals surface area contributed by atoms with Gasteiger partial charge in [0.05, 0.1) is 35.2 Å². The van der Waals surface area contributed by atoms with Gasteiger partial charge in [-0.2, -0.15) is 11.8 Å². The van der Waals surface area contributed by atoms with Crippen molar-refractivity contribution in [1.82, 2.24) is 24.0 Å². The Morgan fingerprint density at radius 3 is 1.74 bits per heavy atom. The van der Waals surface area contributed by atoms with Gasteiger partial charge in [-0.25, -0.2) is 9.97 Å². The minimum Gasteiger partial charge on any atom is -0.330 e. The molecule has 0 atom stereocenters. The SMILES string of the molecule is CSCCN(Cc1nc2ccccc2n1C)Cc1nc2ccccc2n1C. The molecule has 6 heteroatoms. The molecule has 0 saturated heterocycles. The van der Waals surface area contributed by atoms with Crippen molar-refractivity contribution in [2.45, 2.75) is 13.1 Å². The molecule has 0 radical (unpaired) electrons. The molecule has 2 heterocycles. The van der Waals surface area contributed by atoms with Crippen LogP contribution in [0.15, 0.2) is 48.5 Å². The number of fused-ring (bicyclic) bond motifs is 2. The first-order valence-electron chi connectivity index (χ1n) is 9.19. The molecule has 0 aliphatic heterocycles. The van der Waals surface area contributed by atoms with Crippen LogP contribution < -0.4 is 0 Å². The van der Waals surface area contributed by atoms with Gasteiger partial charge in [0, 0.05) is 26.4 Å². The second-order valence-electron chi connectivity index (χ2n) is 6.85. The molecule has 2 aromatic carbocycles. The molecular formula is C21H25N5S. The summed E-state index contributed by atoms with van der Waals surface area (Å²) in [7, 11) is 4.21. The van der Waals surface area contributed by atoms with E-state index in [4.69, 9.17) is 9.97 Å². The molecule has 27 heavy (non-hydrogen) atoms. The van der Waals surface area contributed by atoms with Crippen molar-refractivity contribution in [2.24, 2.45) is 14.1 Å². The van der Waals surface area contributed by atoms with Crippen LogP contribution in [0.5, 0.6) is 0 Å². The summed E-state index contributed by atoms with van der Waals surface area (Å²) in [5.74, 6) is 3.28. The van der Waals surface area contributed by atoms with Crippen molar-refractivity contribution in [3.8, 4) is 0 Å². The highest BCUT2D eigenvalue weighted by atomic mass is 32.2. The summed E-state index contributed by atoms with van der Waals surface area (Å²) in [6.07, 6.45) is 2.16. The van der Waals surface area contributed by atoms with Gasteiger partial charge in [-0.15, -0.1) is 0 Å². The molecule has 0 aliphatic rings. The van der Waals surface area contributed by atoms with Crippen LogP contribution >= 0.6 is 11.8 Å². The zero-order chi connectivity index (χ0) is 18.8. The largest absolute Gasteiger partial charge is 0.330 e. The fraction of sp³-hybridized carbons (Fsp3) is 0.333. The number of thioether (sulfide) groups is 1. The lowest BCUT2D eigenvalue weighted by Gasteiger charge is -2.21. The van der Waals surface area contributed by atoms with Gasteiger partial charge in [-0.05, 0) is 30.5 Å². The van der Waals surface area contributed by atoms with E-state index in [0.717, 1.165) is 48.1 Å². The third kappa shape index (κ3) is 3.59. The predicted octanol–water partition coefficient (Wildman–Crippen LogP) is 3.83. The Hall–Kier alpha value is -2.31. The second-order valence-corrected chi connectivity index (χ2v) is 7.84. The molecule has 0 amide bonds. The normalized spacial score (nSPS) is 11.9. The molecule has 140 valence electrons. The fourth-order valence-corrected chi connectivity index (χ4v) is 3.95. The van der Waals surface area contributed by atoms with Gasteiger partial charge in [0.2, 0.25) is 0 Å². The summed E-state index contributed by atoms with van der Waals surface area (Å²) in [5.41, 5.74) is 4.48. The molecule has 4 rings (SSSR count). The van der Waals surface area contributed by atoms with E-state index in [1.54, 1.807) is 0 Å². The van der Waals surface area contributed by atoms with E-state index in [0.29, 0.717) is 0 Å². The summed E-state index contributed by atoms with van der Waals surface area (Å²) in [6.45, 7) is 2.64. The smallest absolute Gasteiger partial charge is 0.123 e. The molecule has 0 bridgehead atoms. The molecule has 0 spiro atoms. The molecule has 0 fully saturated rings. The molecule has 0 saturated carbocycles.